The van der Waals surface area contributed by atoms with Crippen LogP contribution in [0.15, 0.2) is 57.9 Å². The second kappa shape index (κ2) is 7.08. The highest BCUT2D eigenvalue weighted by molar-refractivity contribution is 9.10. The molecule has 0 heterocycles. The Kier molecular flexibility index (Phi) is 5.35. The third-order valence-corrected chi connectivity index (χ3v) is 4.64. The molecule has 120 valence electrons. The van der Waals surface area contributed by atoms with Crippen LogP contribution in [0.25, 0.3) is 6.08 Å². The zero-order chi connectivity index (χ0) is 17.0. The van der Waals surface area contributed by atoms with Crippen molar-refractivity contribution in [3.63, 3.8) is 0 Å². The van der Waals surface area contributed by atoms with Crippen LogP contribution in [0.4, 0.5) is 5.69 Å². The number of anilines is 1. The first-order valence-electron chi connectivity index (χ1n) is 6.64. The quantitative estimate of drug-likeness (QED) is 0.780. The number of benzene rings is 2. The number of hydrogen-bond donors (Lipinski definition) is 2. The lowest BCUT2D eigenvalue weighted by molar-refractivity contribution is -0.111. The van der Waals surface area contributed by atoms with Crippen molar-refractivity contribution in [2.24, 2.45) is 5.14 Å². The minimum Gasteiger partial charge on any atom is -0.323 e. The van der Waals surface area contributed by atoms with Gasteiger partial charge in [0.15, 0.2) is 0 Å². The molecule has 1 amide bonds. The maximum Gasteiger partial charge on any atom is 0.248 e. The Morgan fingerprint density at radius 3 is 2.39 bits per heavy atom. The number of rotatable bonds is 4. The van der Waals surface area contributed by atoms with Gasteiger partial charge in [-0.2, -0.15) is 0 Å². The van der Waals surface area contributed by atoms with Crippen molar-refractivity contribution in [1.82, 2.24) is 0 Å². The van der Waals surface area contributed by atoms with Gasteiger partial charge >= 0.3 is 0 Å². The van der Waals surface area contributed by atoms with E-state index in [0.717, 1.165) is 15.6 Å². The molecule has 0 aliphatic rings. The molecule has 0 aliphatic heterocycles. The smallest absolute Gasteiger partial charge is 0.248 e. The van der Waals surface area contributed by atoms with Crippen molar-refractivity contribution in [2.75, 3.05) is 5.32 Å². The Labute approximate surface area is 143 Å². The molecule has 2 aromatic rings. The van der Waals surface area contributed by atoms with Gasteiger partial charge in [0.25, 0.3) is 0 Å². The lowest BCUT2D eigenvalue weighted by Crippen LogP contribution is -2.12. The SMILES string of the molecule is Cc1ccc(/C=C/C(=O)Nc2ccc(S(N)(=O)=O)cc2)c(Br)c1. The fraction of sp³-hybridized carbons (Fsp3) is 0.0625. The average Bonchev–Trinajstić information content (AvgIpc) is 2.46. The summed E-state index contributed by atoms with van der Waals surface area (Å²) in [6.07, 6.45) is 3.10. The van der Waals surface area contributed by atoms with E-state index < -0.39 is 10.0 Å². The first kappa shape index (κ1) is 17.4. The van der Waals surface area contributed by atoms with Gasteiger partial charge in [-0.1, -0.05) is 28.1 Å². The molecule has 0 unspecified atom stereocenters. The zero-order valence-electron chi connectivity index (χ0n) is 12.3. The number of carbonyl (C=O) groups excluding carboxylic acids is 1. The van der Waals surface area contributed by atoms with Crippen LogP contribution in [0.1, 0.15) is 11.1 Å². The predicted octanol–water partition coefficient (Wildman–Crippen LogP) is 3.06. The second-order valence-corrected chi connectivity index (χ2v) is 7.33. The predicted molar refractivity (Wildman–Crippen MR) is 94.4 cm³/mol. The van der Waals surface area contributed by atoms with Gasteiger partial charge in [0, 0.05) is 16.2 Å². The number of carbonyl (C=O) groups is 1. The highest BCUT2D eigenvalue weighted by atomic mass is 79.9. The van der Waals surface area contributed by atoms with Crippen LogP contribution in [-0.2, 0) is 14.8 Å². The lowest BCUT2D eigenvalue weighted by Gasteiger charge is -2.04. The molecule has 0 fully saturated rings. The van der Waals surface area contributed by atoms with Crippen molar-refractivity contribution in [2.45, 2.75) is 11.8 Å². The van der Waals surface area contributed by atoms with Crippen molar-refractivity contribution < 1.29 is 13.2 Å². The minimum atomic E-state index is -3.73. The number of nitrogens with one attached hydrogen (secondary N) is 1. The molecular formula is C16H15BrN2O3S. The summed E-state index contributed by atoms with van der Waals surface area (Å²) in [5, 5.41) is 7.66. The number of hydrogen-bond acceptors (Lipinski definition) is 3. The summed E-state index contributed by atoms with van der Waals surface area (Å²) in [7, 11) is -3.73. The largest absolute Gasteiger partial charge is 0.323 e. The van der Waals surface area contributed by atoms with E-state index in [4.69, 9.17) is 5.14 Å². The van der Waals surface area contributed by atoms with E-state index in [-0.39, 0.29) is 10.8 Å². The van der Waals surface area contributed by atoms with Crippen LogP contribution < -0.4 is 10.5 Å². The van der Waals surface area contributed by atoms with Gasteiger partial charge in [-0.05, 0) is 54.5 Å². The zero-order valence-corrected chi connectivity index (χ0v) is 14.7. The van der Waals surface area contributed by atoms with Crippen LogP contribution in [0.3, 0.4) is 0 Å². The Bertz CT molecular complexity index is 859. The molecule has 3 N–H and O–H groups in total. The molecular weight excluding hydrogens is 380 g/mol. The number of halogens is 1. The molecule has 0 saturated heterocycles. The van der Waals surface area contributed by atoms with Gasteiger partial charge in [-0.3, -0.25) is 4.79 Å². The minimum absolute atomic E-state index is 0.00497. The Hall–Kier alpha value is -1.96. The molecule has 2 rings (SSSR count). The van der Waals surface area contributed by atoms with E-state index in [1.807, 2.05) is 25.1 Å². The highest BCUT2D eigenvalue weighted by Crippen LogP contribution is 2.19. The molecule has 0 spiro atoms. The van der Waals surface area contributed by atoms with Crippen LogP contribution in [-0.4, -0.2) is 14.3 Å². The van der Waals surface area contributed by atoms with Gasteiger partial charge in [0.2, 0.25) is 15.9 Å². The second-order valence-electron chi connectivity index (χ2n) is 4.92. The van der Waals surface area contributed by atoms with E-state index >= 15 is 0 Å². The summed E-state index contributed by atoms with van der Waals surface area (Å²) in [5.74, 6) is -0.319. The standard InChI is InChI=1S/C16H15BrN2O3S/c1-11-2-3-12(15(17)10-11)4-9-16(20)19-13-5-7-14(8-6-13)23(18,21)22/h2-10H,1H3,(H,19,20)(H2,18,21,22)/b9-4+. The summed E-state index contributed by atoms with van der Waals surface area (Å²) >= 11 is 3.44. The van der Waals surface area contributed by atoms with Gasteiger partial charge < -0.3 is 5.32 Å². The first-order chi connectivity index (χ1) is 10.8. The van der Waals surface area contributed by atoms with Crippen molar-refractivity contribution in [3.05, 3.63) is 64.1 Å². The monoisotopic (exact) mass is 394 g/mol. The van der Waals surface area contributed by atoms with Gasteiger partial charge in [0.1, 0.15) is 0 Å². The molecule has 7 heteroatoms. The molecule has 5 nitrogen and oxygen atoms in total. The van der Waals surface area contributed by atoms with E-state index in [0.29, 0.717) is 5.69 Å². The maximum absolute atomic E-state index is 11.9. The normalized spacial score (nSPS) is 11.6. The molecule has 0 aliphatic carbocycles. The fourth-order valence-electron chi connectivity index (χ4n) is 1.84. The third-order valence-electron chi connectivity index (χ3n) is 3.02. The lowest BCUT2D eigenvalue weighted by atomic mass is 10.1. The molecule has 0 aromatic heterocycles. The molecule has 0 bridgehead atoms. The van der Waals surface area contributed by atoms with E-state index in [1.165, 1.54) is 30.3 Å². The van der Waals surface area contributed by atoms with Crippen LogP contribution >= 0.6 is 15.9 Å². The molecule has 0 radical (unpaired) electrons. The van der Waals surface area contributed by atoms with Gasteiger partial charge in [0.05, 0.1) is 4.90 Å². The average molecular weight is 395 g/mol. The number of nitrogens with two attached hydrogens (primary N) is 1. The summed E-state index contributed by atoms with van der Waals surface area (Å²) in [6, 6.07) is 11.5. The Balaban J connectivity index is 2.06. The molecule has 0 saturated carbocycles. The molecule has 2 aromatic carbocycles. The maximum atomic E-state index is 11.9. The fourth-order valence-corrected chi connectivity index (χ4v) is 2.99. The summed E-state index contributed by atoms with van der Waals surface area (Å²) in [4.78, 5) is 11.9. The number of amides is 1. The van der Waals surface area contributed by atoms with Crippen molar-refractivity contribution in [1.29, 1.82) is 0 Å². The number of primary sulfonamides is 1. The Morgan fingerprint density at radius 2 is 1.83 bits per heavy atom. The van der Waals surface area contributed by atoms with Crippen molar-refractivity contribution >= 4 is 43.6 Å². The summed E-state index contributed by atoms with van der Waals surface area (Å²) in [6.45, 7) is 1.98. The van der Waals surface area contributed by atoms with E-state index in [2.05, 4.69) is 21.2 Å². The van der Waals surface area contributed by atoms with Gasteiger partial charge in [-0.15, -0.1) is 0 Å². The highest BCUT2D eigenvalue weighted by Gasteiger charge is 2.07. The first-order valence-corrected chi connectivity index (χ1v) is 8.98. The van der Waals surface area contributed by atoms with Crippen LogP contribution in [0.5, 0.6) is 0 Å². The Morgan fingerprint density at radius 1 is 1.17 bits per heavy atom. The van der Waals surface area contributed by atoms with E-state index in [1.54, 1.807) is 6.08 Å². The molecule has 23 heavy (non-hydrogen) atoms. The topological polar surface area (TPSA) is 89.3 Å². The number of aryl methyl sites for hydroxylation is 1. The van der Waals surface area contributed by atoms with Gasteiger partial charge in [-0.25, -0.2) is 13.6 Å². The summed E-state index contributed by atoms with van der Waals surface area (Å²) < 4.78 is 23.2. The van der Waals surface area contributed by atoms with Crippen LogP contribution in [0, 0.1) is 6.92 Å². The van der Waals surface area contributed by atoms with Crippen LogP contribution in [0.2, 0.25) is 0 Å². The summed E-state index contributed by atoms with van der Waals surface area (Å²) in [5.41, 5.74) is 2.48. The molecule has 0 atom stereocenters. The van der Waals surface area contributed by atoms with E-state index in [9.17, 15) is 13.2 Å². The van der Waals surface area contributed by atoms with Crippen molar-refractivity contribution in [3.8, 4) is 0 Å². The third kappa shape index (κ3) is 5.02. The number of sulfonamides is 1.